The molecule has 0 bridgehead atoms. The second-order valence-corrected chi connectivity index (χ2v) is 5.47. The standard InChI is InChI=1S/C16H19N5O2/c22-15(20-8-1-2-9-20)5-6-18-16(23)13-3-4-14(19-11-13)21-10-7-17-12-21/h3-4,7,10-12H,1-2,5-6,8-9H2,(H,18,23). The van der Waals surface area contributed by atoms with Gasteiger partial charge in [-0.05, 0) is 25.0 Å². The summed E-state index contributed by atoms with van der Waals surface area (Å²) in [5, 5.41) is 2.76. The number of aromatic nitrogens is 3. The molecule has 3 heterocycles. The monoisotopic (exact) mass is 313 g/mol. The maximum atomic E-state index is 12.1. The molecule has 0 aliphatic carbocycles. The quantitative estimate of drug-likeness (QED) is 0.893. The Labute approximate surface area is 134 Å². The van der Waals surface area contributed by atoms with Crippen molar-refractivity contribution in [3.05, 3.63) is 42.6 Å². The number of hydrogen-bond acceptors (Lipinski definition) is 4. The zero-order chi connectivity index (χ0) is 16.1. The first-order chi connectivity index (χ1) is 11.2. The summed E-state index contributed by atoms with van der Waals surface area (Å²) in [4.78, 5) is 34.0. The van der Waals surface area contributed by atoms with Gasteiger partial charge in [-0.15, -0.1) is 0 Å². The van der Waals surface area contributed by atoms with Crippen molar-refractivity contribution in [2.24, 2.45) is 0 Å². The number of nitrogens with one attached hydrogen (secondary N) is 1. The summed E-state index contributed by atoms with van der Waals surface area (Å²) in [6, 6.07) is 3.46. The molecule has 0 saturated carbocycles. The molecule has 7 nitrogen and oxygen atoms in total. The van der Waals surface area contributed by atoms with Crippen LogP contribution < -0.4 is 5.32 Å². The first-order valence-corrected chi connectivity index (χ1v) is 7.74. The van der Waals surface area contributed by atoms with Gasteiger partial charge in [-0.3, -0.25) is 14.2 Å². The molecule has 0 unspecified atom stereocenters. The average molecular weight is 313 g/mol. The van der Waals surface area contributed by atoms with Gasteiger partial charge in [0.25, 0.3) is 5.91 Å². The second kappa shape index (κ2) is 7.04. The van der Waals surface area contributed by atoms with E-state index in [1.54, 1.807) is 35.4 Å². The number of nitrogens with zero attached hydrogens (tertiary/aromatic N) is 4. The Balaban J connectivity index is 1.49. The first kappa shape index (κ1) is 15.2. The topological polar surface area (TPSA) is 80.1 Å². The van der Waals surface area contributed by atoms with Crippen LogP contribution in [0.25, 0.3) is 5.82 Å². The van der Waals surface area contributed by atoms with Crippen molar-refractivity contribution in [1.82, 2.24) is 24.8 Å². The fourth-order valence-corrected chi connectivity index (χ4v) is 2.58. The maximum Gasteiger partial charge on any atom is 0.252 e. The van der Waals surface area contributed by atoms with Gasteiger partial charge in [-0.2, -0.15) is 0 Å². The summed E-state index contributed by atoms with van der Waals surface area (Å²) in [7, 11) is 0. The highest BCUT2D eigenvalue weighted by molar-refractivity contribution is 5.94. The minimum Gasteiger partial charge on any atom is -0.351 e. The Bertz CT molecular complexity index is 660. The number of imidazole rings is 1. The Morgan fingerprint density at radius 2 is 2.04 bits per heavy atom. The van der Waals surface area contributed by atoms with Crippen LogP contribution >= 0.6 is 0 Å². The predicted octanol–water partition coefficient (Wildman–Crippen LogP) is 1.01. The number of pyridine rings is 1. The molecule has 2 amide bonds. The van der Waals surface area contributed by atoms with Crippen molar-refractivity contribution in [3.63, 3.8) is 0 Å². The zero-order valence-corrected chi connectivity index (χ0v) is 12.8. The summed E-state index contributed by atoms with van der Waals surface area (Å²) < 4.78 is 1.76. The van der Waals surface area contributed by atoms with Gasteiger partial charge in [-0.1, -0.05) is 0 Å². The molecule has 0 spiro atoms. The molecule has 0 atom stereocenters. The van der Waals surface area contributed by atoms with E-state index in [1.807, 2.05) is 4.90 Å². The van der Waals surface area contributed by atoms with Crippen molar-refractivity contribution in [3.8, 4) is 5.82 Å². The van der Waals surface area contributed by atoms with E-state index in [1.165, 1.54) is 6.20 Å². The van der Waals surface area contributed by atoms with E-state index < -0.39 is 0 Å². The van der Waals surface area contributed by atoms with Crippen LogP contribution in [-0.4, -0.2) is 50.9 Å². The third-order valence-electron chi connectivity index (χ3n) is 3.86. The molecular weight excluding hydrogens is 294 g/mol. The molecule has 120 valence electrons. The van der Waals surface area contributed by atoms with Gasteiger partial charge in [-0.25, -0.2) is 9.97 Å². The van der Waals surface area contributed by atoms with E-state index in [4.69, 9.17) is 0 Å². The van der Waals surface area contributed by atoms with Crippen molar-refractivity contribution < 1.29 is 9.59 Å². The molecule has 2 aromatic heterocycles. The van der Waals surface area contributed by atoms with Crippen molar-refractivity contribution >= 4 is 11.8 Å². The molecule has 3 rings (SSSR count). The normalized spacial score (nSPS) is 14.0. The highest BCUT2D eigenvalue weighted by Crippen LogP contribution is 2.09. The fourth-order valence-electron chi connectivity index (χ4n) is 2.58. The van der Waals surface area contributed by atoms with E-state index in [0.29, 0.717) is 24.3 Å². The summed E-state index contributed by atoms with van der Waals surface area (Å²) >= 11 is 0. The number of likely N-dealkylation sites (tertiary alicyclic amines) is 1. The molecule has 1 aliphatic rings. The first-order valence-electron chi connectivity index (χ1n) is 7.74. The van der Waals surface area contributed by atoms with E-state index in [0.717, 1.165) is 25.9 Å². The van der Waals surface area contributed by atoms with Crippen LogP contribution in [0.15, 0.2) is 37.1 Å². The summed E-state index contributed by atoms with van der Waals surface area (Å²) in [5.41, 5.74) is 0.475. The lowest BCUT2D eigenvalue weighted by Crippen LogP contribution is -2.32. The van der Waals surface area contributed by atoms with Gasteiger partial charge in [0, 0.05) is 44.6 Å². The fraction of sp³-hybridized carbons (Fsp3) is 0.375. The van der Waals surface area contributed by atoms with Crippen LogP contribution in [0.1, 0.15) is 29.6 Å². The number of amides is 2. The van der Waals surface area contributed by atoms with Gasteiger partial charge in [0.2, 0.25) is 5.91 Å². The Hall–Kier alpha value is -2.70. The minimum atomic E-state index is -0.219. The van der Waals surface area contributed by atoms with Gasteiger partial charge in [0.1, 0.15) is 12.1 Å². The van der Waals surface area contributed by atoms with Gasteiger partial charge in [0.05, 0.1) is 5.56 Å². The molecule has 0 radical (unpaired) electrons. The third-order valence-corrected chi connectivity index (χ3v) is 3.86. The molecule has 0 aromatic carbocycles. The average Bonchev–Trinajstić information content (AvgIpc) is 3.28. The minimum absolute atomic E-state index is 0.108. The smallest absolute Gasteiger partial charge is 0.252 e. The Morgan fingerprint density at radius 1 is 1.22 bits per heavy atom. The number of carbonyl (C=O) groups is 2. The molecular formula is C16H19N5O2. The zero-order valence-electron chi connectivity index (χ0n) is 12.8. The third kappa shape index (κ3) is 3.74. The van der Waals surface area contributed by atoms with Crippen LogP contribution in [0.3, 0.4) is 0 Å². The molecule has 7 heteroatoms. The van der Waals surface area contributed by atoms with E-state index >= 15 is 0 Å². The second-order valence-electron chi connectivity index (χ2n) is 5.47. The lowest BCUT2D eigenvalue weighted by molar-refractivity contribution is -0.129. The van der Waals surface area contributed by atoms with Crippen LogP contribution in [-0.2, 0) is 4.79 Å². The molecule has 1 saturated heterocycles. The largest absolute Gasteiger partial charge is 0.351 e. The highest BCUT2D eigenvalue weighted by Gasteiger charge is 2.17. The molecule has 2 aromatic rings. The maximum absolute atomic E-state index is 12.1. The van der Waals surface area contributed by atoms with Gasteiger partial charge < -0.3 is 10.2 Å². The number of carbonyl (C=O) groups excluding carboxylic acids is 2. The van der Waals surface area contributed by atoms with Crippen molar-refractivity contribution in [2.75, 3.05) is 19.6 Å². The summed E-state index contributed by atoms with van der Waals surface area (Å²) in [6.07, 6.45) is 9.11. The Kier molecular flexibility index (Phi) is 4.65. The lowest BCUT2D eigenvalue weighted by Gasteiger charge is -2.15. The van der Waals surface area contributed by atoms with Gasteiger partial charge >= 0.3 is 0 Å². The van der Waals surface area contributed by atoms with Crippen molar-refractivity contribution in [1.29, 1.82) is 0 Å². The molecule has 1 N–H and O–H groups in total. The SMILES string of the molecule is O=C(NCCC(=O)N1CCCC1)c1ccc(-n2ccnc2)nc1. The van der Waals surface area contributed by atoms with E-state index in [-0.39, 0.29) is 11.8 Å². The van der Waals surface area contributed by atoms with E-state index in [2.05, 4.69) is 15.3 Å². The van der Waals surface area contributed by atoms with E-state index in [9.17, 15) is 9.59 Å². The summed E-state index contributed by atoms with van der Waals surface area (Å²) in [6.45, 7) is 2.02. The van der Waals surface area contributed by atoms with Crippen molar-refractivity contribution in [2.45, 2.75) is 19.3 Å². The number of rotatable bonds is 5. The number of hydrogen-bond donors (Lipinski definition) is 1. The lowest BCUT2D eigenvalue weighted by atomic mass is 10.2. The van der Waals surface area contributed by atoms with Crippen LogP contribution in [0.4, 0.5) is 0 Å². The van der Waals surface area contributed by atoms with Crippen LogP contribution in [0, 0.1) is 0 Å². The molecule has 1 fully saturated rings. The molecule has 1 aliphatic heterocycles. The van der Waals surface area contributed by atoms with Gasteiger partial charge in [0.15, 0.2) is 0 Å². The molecule has 23 heavy (non-hydrogen) atoms. The summed E-state index contributed by atoms with van der Waals surface area (Å²) in [5.74, 6) is 0.587. The van der Waals surface area contributed by atoms with Crippen LogP contribution in [0.2, 0.25) is 0 Å². The predicted molar refractivity (Wildman–Crippen MR) is 84.1 cm³/mol. The highest BCUT2D eigenvalue weighted by atomic mass is 16.2. The Morgan fingerprint density at radius 3 is 2.70 bits per heavy atom. The van der Waals surface area contributed by atoms with Crippen LogP contribution in [0.5, 0.6) is 0 Å².